The Hall–Kier alpha value is -5.76. The zero-order valence-electron chi connectivity index (χ0n) is 26.7. The van der Waals surface area contributed by atoms with Crippen molar-refractivity contribution in [2.45, 2.75) is 38.5 Å². The summed E-state index contributed by atoms with van der Waals surface area (Å²) in [5.74, 6) is 0.499. The fraction of sp³-hybridized carbons (Fsp3) is 0.200. The van der Waals surface area contributed by atoms with Crippen LogP contribution in [0.4, 0.5) is 0 Å². The number of rotatable bonds is 15. The second-order valence-electron chi connectivity index (χ2n) is 11.7. The molecular formula is C40H36N2O6. The third kappa shape index (κ3) is 6.29. The molecule has 0 aliphatic carbocycles. The molecule has 0 saturated carbocycles. The van der Waals surface area contributed by atoms with Crippen LogP contribution < -0.4 is 9.47 Å². The van der Waals surface area contributed by atoms with E-state index < -0.39 is 0 Å². The van der Waals surface area contributed by atoms with Crippen LogP contribution in [0.5, 0.6) is 23.0 Å². The van der Waals surface area contributed by atoms with Crippen molar-refractivity contribution >= 4 is 23.6 Å². The Labute approximate surface area is 279 Å². The molecule has 8 nitrogen and oxygen atoms in total. The van der Waals surface area contributed by atoms with E-state index in [1.165, 1.54) is 9.80 Å². The van der Waals surface area contributed by atoms with Gasteiger partial charge < -0.3 is 9.47 Å². The van der Waals surface area contributed by atoms with Gasteiger partial charge in [-0.05, 0) is 73.2 Å². The summed E-state index contributed by atoms with van der Waals surface area (Å²) in [6.07, 6.45) is 7.39. The van der Waals surface area contributed by atoms with Crippen molar-refractivity contribution < 1.29 is 28.7 Å². The molecule has 4 aromatic carbocycles. The first-order chi connectivity index (χ1) is 23.4. The lowest BCUT2D eigenvalue weighted by Crippen LogP contribution is -2.31. The molecule has 2 aliphatic rings. The average molecular weight is 641 g/mol. The van der Waals surface area contributed by atoms with Gasteiger partial charge >= 0.3 is 0 Å². The summed E-state index contributed by atoms with van der Waals surface area (Å²) < 4.78 is 12.3. The van der Waals surface area contributed by atoms with Crippen LogP contribution in [0, 0.1) is 0 Å². The van der Waals surface area contributed by atoms with Crippen molar-refractivity contribution in [1.29, 1.82) is 0 Å². The highest BCUT2D eigenvalue weighted by Gasteiger charge is 2.39. The monoisotopic (exact) mass is 640 g/mol. The van der Waals surface area contributed by atoms with E-state index in [0.717, 1.165) is 11.1 Å². The number of allylic oxidation sites excluding steroid dienone is 2. The highest BCUT2D eigenvalue weighted by molar-refractivity contribution is 6.23. The number of unbranched alkanes of at least 4 members (excludes halogenated alkanes) is 3. The summed E-state index contributed by atoms with van der Waals surface area (Å²) in [5, 5.41) is 0. The maximum Gasteiger partial charge on any atom is 0.265 e. The highest BCUT2D eigenvalue weighted by Crippen LogP contribution is 2.37. The molecule has 0 fully saturated rings. The number of fused-ring (bicyclic) bond motifs is 2. The number of nitrogens with zero attached hydrogens (tertiary/aromatic N) is 2. The van der Waals surface area contributed by atoms with Gasteiger partial charge in [0, 0.05) is 13.1 Å². The van der Waals surface area contributed by atoms with Gasteiger partial charge in [0.1, 0.15) is 23.0 Å². The molecule has 242 valence electrons. The number of amides is 4. The van der Waals surface area contributed by atoms with Crippen molar-refractivity contribution in [3.8, 4) is 23.0 Å². The summed E-state index contributed by atoms with van der Waals surface area (Å²) in [4.78, 5) is 55.7. The van der Waals surface area contributed by atoms with Gasteiger partial charge in [-0.1, -0.05) is 73.5 Å². The van der Waals surface area contributed by atoms with E-state index in [9.17, 15) is 19.2 Å². The van der Waals surface area contributed by atoms with Gasteiger partial charge in [0.15, 0.2) is 0 Å². The number of hydrogen-bond donors (Lipinski definition) is 0. The van der Waals surface area contributed by atoms with E-state index in [4.69, 9.17) is 9.47 Å². The topological polar surface area (TPSA) is 93.2 Å². The summed E-state index contributed by atoms with van der Waals surface area (Å²) >= 11 is 0. The molecule has 0 saturated heterocycles. The van der Waals surface area contributed by atoms with E-state index in [2.05, 4.69) is 13.2 Å². The molecule has 2 heterocycles. The van der Waals surface area contributed by atoms with Crippen LogP contribution in [0.1, 0.15) is 78.2 Å². The number of ether oxygens (including phenoxy) is 2. The number of benzene rings is 4. The van der Waals surface area contributed by atoms with Gasteiger partial charge in [-0.15, -0.1) is 13.2 Å². The molecule has 0 radical (unpaired) electrons. The highest BCUT2D eigenvalue weighted by atomic mass is 16.5. The Morgan fingerprint density at radius 2 is 0.875 bits per heavy atom. The Balaban J connectivity index is 1.03. The summed E-state index contributed by atoms with van der Waals surface area (Å²) in [6.45, 7) is 8.13. The number of para-hydroxylation sites is 2. The maximum absolute atomic E-state index is 13.4. The van der Waals surface area contributed by atoms with E-state index in [1.807, 2.05) is 48.5 Å². The third-order valence-electron chi connectivity index (χ3n) is 8.55. The third-order valence-corrected chi connectivity index (χ3v) is 8.55. The molecule has 0 unspecified atom stereocenters. The van der Waals surface area contributed by atoms with Gasteiger partial charge in [-0.3, -0.25) is 29.0 Å². The van der Waals surface area contributed by atoms with Crippen LogP contribution in [0.15, 0.2) is 110 Å². The lowest BCUT2D eigenvalue weighted by molar-refractivity contribution is 0.0629. The minimum Gasteiger partial charge on any atom is -0.456 e. The molecule has 6 rings (SSSR count). The smallest absolute Gasteiger partial charge is 0.265 e. The van der Waals surface area contributed by atoms with Crippen LogP contribution in [-0.2, 0) is 12.8 Å². The van der Waals surface area contributed by atoms with Crippen molar-refractivity contribution in [1.82, 2.24) is 9.80 Å². The molecule has 8 heteroatoms. The minimum atomic E-state index is -0.372. The van der Waals surface area contributed by atoms with E-state index >= 15 is 0 Å². The molecule has 0 spiro atoms. The first kappa shape index (κ1) is 32.2. The summed E-state index contributed by atoms with van der Waals surface area (Å²) in [5.41, 5.74) is 3.06. The zero-order chi connectivity index (χ0) is 33.6. The SMILES string of the molecule is C=CCc1ccccc1Oc1cccc2c1C(=O)N(CCCCCCN1C(=O)c3cccc(Oc4ccccc4CC=C)c3C1=O)C2=O. The number of imide groups is 2. The van der Waals surface area contributed by atoms with Crippen LogP contribution in [0.25, 0.3) is 0 Å². The van der Waals surface area contributed by atoms with Crippen LogP contribution >= 0.6 is 0 Å². The molecule has 0 bridgehead atoms. The normalized spacial score (nSPS) is 13.5. The van der Waals surface area contributed by atoms with Gasteiger partial charge in [0.05, 0.1) is 22.3 Å². The van der Waals surface area contributed by atoms with Gasteiger partial charge in [-0.25, -0.2) is 0 Å². The molecule has 4 amide bonds. The predicted molar refractivity (Wildman–Crippen MR) is 183 cm³/mol. The Bertz CT molecular complexity index is 1790. The van der Waals surface area contributed by atoms with Crippen molar-refractivity contribution in [2.24, 2.45) is 0 Å². The van der Waals surface area contributed by atoms with Crippen LogP contribution in [0.2, 0.25) is 0 Å². The van der Waals surface area contributed by atoms with Crippen LogP contribution in [-0.4, -0.2) is 46.5 Å². The Morgan fingerprint density at radius 1 is 0.479 bits per heavy atom. The average Bonchev–Trinajstić information content (AvgIpc) is 3.49. The second-order valence-corrected chi connectivity index (χ2v) is 11.7. The molecule has 4 aromatic rings. The van der Waals surface area contributed by atoms with E-state index in [-0.39, 0.29) is 47.8 Å². The molecule has 0 aromatic heterocycles. The largest absolute Gasteiger partial charge is 0.456 e. The van der Waals surface area contributed by atoms with Gasteiger partial charge in [0.25, 0.3) is 23.6 Å². The molecule has 48 heavy (non-hydrogen) atoms. The first-order valence-corrected chi connectivity index (χ1v) is 16.1. The quantitative estimate of drug-likeness (QED) is 0.0739. The van der Waals surface area contributed by atoms with E-state index in [1.54, 1.807) is 48.6 Å². The Kier molecular flexibility index (Phi) is 9.62. The predicted octanol–water partition coefficient (Wildman–Crippen LogP) is 8.18. The fourth-order valence-electron chi connectivity index (χ4n) is 6.17. The van der Waals surface area contributed by atoms with Crippen molar-refractivity contribution in [3.05, 3.63) is 144 Å². The second kappa shape index (κ2) is 14.3. The lowest BCUT2D eigenvalue weighted by Gasteiger charge is -2.16. The lowest BCUT2D eigenvalue weighted by atomic mass is 10.1. The van der Waals surface area contributed by atoms with E-state index in [0.29, 0.717) is 72.6 Å². The van der Waals surface area contributed by atoms with Gasteiger partial charge in [0.2, 0.25) is 0 Å². The standard InChI is InChI=1S/C40H36N2O6/c1-3-15-27-17-7-9-21-31(27)47-33-23-13-19-29-35(33)39(45)41(37(29)43)25-11-5-6-12-26-42-38(44)30-20-14-24-34(36(30)40(42)46)48-32-22-10-8-18-28(32)16-4-2/h3-4,7-10,13-14,17-24H,1-2,5-6,11-12,15-16,25-26H2. The minimum absolute atomic E-state index is 0.264. The maximum atomic E-state index is 13.4. The number of hydrogen-bond acceptors (Lipinski definition) is 6. The number of carbonyl (C=O) groups excluding carboxylic acids is 4. The Morgan fingerprint density at radius 3 is 1.29 bits per heavy atom. The van der Waals surface area contributed by atoms with Crippen molar-refractivity contribution in [3.63, 3.8) is 0 Å². The molecule has 2 aliphatic heterocycles. The zero-order valence-corrected chi connectivity index (χ0v) is 26.7. The first-order valence-electron chi connectivity index (χ1n) is 16.1. The summed E-state index contributed by atoms with van der Waals surface area (Å²) in [7, 11) is 0. The fourth-order valence-corrected chi connectivity index (χ4v) is 6.17. The molecular weight excluding hydrogens is 604 g/mol. The van der Waals surface area contributed by atoms with Crippen molar-refractivity contribution in [2.75, 3.05) is 13.1 Å². The van der Waals surface area contributed by atoms with Crippen LogP contribution in [0.3, 0.4) is 0 Å². The van der Waals surface area contributed by atoms with Gasteiger partial charge in [-0.2, -0.15) is 0 Å². The molecule has 0 atom stereocenters. The number of carbonyl (C=O) groups is 4. The molecule has 0 N–H and O–H groups in total. The summed E-state index contributed by atoms with van der Waals surface area (Å²) in [6, 6.07) is 25.2.